The number of nitrogens with zero attached hydrogens (tertiary/aromatic N) is 7. The molecule has 3 aromatic carbocycles. The molecule has 2 aliphatic heterocycles. The molecule has 4 N–H and O–H groups in total. The van der Waals surface area contributed by atoms with Crippen LogP contribution in [0.5, 0.6) is 5.75 Å². The van der Waals surface area contributed by atoms with E-state index in [2.05, 4.69) is 101 Å². The van der Waals surface area contributed by atoms with Gasteiger partial charge in [-0.15, -0.1) is 21.5 Å². The number of aryl methyl sites for hydroxylation is 1. The number of para-hydroxylation sites is 1. The van der Waals surface area contributed by atoms with Crippen molar-refractivity contribution < 1.29 is 19.0 Å². The predicted octanol–water partition coefficient (Wildman–Crippen LogP) is 8.27. The van der Waals surface area contributed by atoms with Crippen molar-refractivity contribution in [2.45, 2.75) is 90.6 Å². The van der Waals surface area contributed by atoms with E-state index in [-0.39, 0.29) is 25.0 Å². The molecule has 3 fully saturated rings. The quantitative estimate of drug-likeness (QED) is 0.0771. The number of anilines is 3. The normalized spacial score (nSPS) is 17.5. The molecule has 5 aromatic rings. The molecule has 1 saturated carbocycles. The lowest BCUT2D eigenvalue weighted by atomic mass is 10.0. The lowest BCUT2D eigenvalue weighted by molar-refractivity contribution is 0.0515. The van der Waals surface area contributed by atoms with Crippen LogP contribution >= 0.6 is 11.3 Å². The van der Waals surface area contributed by atoms with E-state index >= 15 is 0 Å². The summed E-state index contributed by atoms with van der Waals surface area (Å²) in [7, 11) is 1.61. The van der Waals surface area contributed by atoms with Gasteiger partial charge in [0.05, 0.1) is 27.8 Å². The van der Waals surface area contributed by atoms with Crippen LogP contribution in [0.3, 0.4) is 0 Å². The molecule has 8 rings (SSSR count). The fourth-order valence-electron chi connectivity index (χ4n) is 9.60. The van der Waals surface area contributed by atoms with Crippen molar-refractivity contribution in [1.29, 1.82) is 0 Å². The Bertz CT molecular complexity index is 2360. The van der Waals surface area contributed by atoms with Gasteiger partial charge in [0.15, 0.2) is 12.6 Å². The van der Waals surface area contributed by atoms with Gasteiger partial charge in [-0.2, -0.15) is 0 Å². The smallest absolute Gasteiger partial charge is 0.407 e. The van der Waals surface area contributed by atoms with Gasteiger partial charge in [-0.05, 0) is 101 Å². The van der Waals surface area contributed by atoms with E-state index in [1.807, 2.05) is 50.5 Å². The van der Waals surface area contributed by atoms with Gasteiger partial charge in [-0.25, -0.2) is 9.78 Å². The molecule has 3 aliphatic rings. The van der Waals surface area contributed by atoms with Crippen molar-refractivity contribution in [2.24, 2.45) is 0 Å². The lowest BCUT2D eigenvalue weighted by Crippen LogP contribution is -2.47. The fourth-order valence-corrected chi connectivity index (χ4v) is 10.4. The predicted molar refractivity (Wildman–Crippen MR) is 265 cm³/mol. The number of piperazine rings is 2. The number of amides is 1. The standard InChI is InChI=1S/C51H68N10O4S/c1-36-48(66-34-54-36)38-17-18-39(33-64-50(62)55-51(2,3)4)45(29-38)61(41-11-6-7-12-41)23-10-22-58-25-27-59(28-26-58)40-19-15-37(16-20-40)32-60-24-21-53-31-46(60)43-30-44(56-57-49(43)52)42-13-8-9-14-47(42)65-35-63-5/h8-9,13-20,29-30,34,41,46,53H,6-7,10-12,21-28,31-33,35H2,1-5H3,(H2,52,57)(H,55,62). The average molecular weight is 917 g/mol. The third-order valence-electron chi connectivity index (χ3n) is 13.0. The number of alkyl carbamates (subject to hydrolysis) is 1. The number of ether oxygens (including phenoxy) is 3. The summed E-state index contributed by atoms with van der Waals surface area (Å²) in [5, 5.41) is 15.4. The lowest BCUT2D eigenvalue weighted by Gasteiger charge is -2.38. The number of carbonyl (C=O) groups is 1. The monoisotopic (exact) mass is 917 g/mol. The third kappa shape index (κ3) is 12.0. The Kier molecular flexibility index (Phi) is 15.7. The first kappa shape index (κ1) is 47.2. The largest absolute Gasteiger partial charge is 0.467 e. The van der Waals surface area contributed by atoms with Gasteiger partial charge in [-0.3, -0.25) is 9.80 Å². The second-order valence-corrected chi connectivity index (χ2v) is 19.7. The molecule has 0 spiro atoms. The molecule has 14 nitrogen and oxygen atoms in total. The Labute approximate surface area is 394 Å². The van der Waals surface area contributed by atoms with Crippen LogP contribution in [0.15, 0.2) is 78.3 Å². The van der Waals surface area contributed by atoms with Crippen LogP contribution in [-0.2, 0) is 22.6 Å². The maximum absolute atomic E-state index is 12.8. The number of nitrogen functional groups attached to an aromatic ring is 1. The Balaban J connectivity index is 0.878. The number of carbonyl (C=O) groups excluding carboxylic acids is 1. The van der Waals surface area contributed by atoms with Crippen molar-refractivity contribution in [3.8, 4) is 27.4 Å². The van der Waals surface area contributed by atoms with Crippen LogP contribution in [0.2, 0.25) is 0 Å². The molecule has 4 heterocycles. The number of nitrogens with one attached hydrogen (secondary N) is 2. The number of thiazole rings is 1. The summed E-state index contributed by atoms with van der Waals surface area (Å²) in [6.45, 7) is 17.8. The van der Waals surface area contributed by atoms with Crippen molar-refractivity contribution in [3.63, 3.8) is 0 Å². The van der Waals surface area contributed by atoms with E-state index in [9.17, 15) is 4.79 Å². The summed E-state index contributed by atoms with van der Waals surface area (Å²) >= 11 is 1.68. The summed E-state index contributed by atoms with van der Waals surface area (Å²) in [5.41, 5.74) is 17.6. The summed E-state index contributed by atoms with van der Waals surface area (Å²) < 4.78 is 16.8. The van der Waals surface area contributed by atoms with E-state index in [0.717, 1.165) is 99.9 Å². The number of hydrogen-bond donors (Lipinski definition) is 3. The summed E-state index contributed by atoms with van der Waals surface area (Å²) in [5.74, 6) is 1.13. The summed E-state index contributed by atoms with van der Waals surface area (Å²) in [6.07, 6.45) is 5.52. The van der Waals surface area contributed by atoms with Crippen molar-refractivity contribution in [2.75, 3.05) is 88.3 Å². The minimum absolute atomic E-state index is 0.0407. The van der Waals surface area contributed by atoms with E-state index in [1.54, 1.807) is 18.4 Å². The van der Waals surface area contributed by atoms with Gasteiger partial charge in [-0.1, -0.05) is 49.2 Å². The van der Waals surface area contributed by atoms with Gasteiger partial charge in [0.1, 0.15) is 12.4 Å². The summed E-state index contributed by atoms with van der Waals surface area (Å²) in [4.78, 5) is 28.8. The molecule has 66 heavy (non-hydrogen) atoms. The Hall–Kier alpha value is -5.32. The van der Waals surface area contributed by atoms with E-state index < -0.39 is 6.09 Å². The minimum Gasteiger partial charge on any atom is -0.467 e. The first-order valence-corrected chi connectivity index (χ1v) is 24.5. The topological polar surface area (TPSA) is 146 Å². The highest BCUT2D eigenvalue weighted by molar-refractivity contribution is 7.13. The van der Waals surface area contributed by atoms with Gasteiger partial charge in [0, 0.05) is 106 Å². The third-order valence-corrected chi connectivity index (χ3v) is 14.0. The zero-order valence-electron chi connectivity index (χ0n) is 39.4. The van der Waals surface area contributed by atoms with Gasteiger partial charge in [0.2, 0.25) is 0 Å². The first-order valence-electron chi connectivity index (χ1n) is 23.6. The molecule has 352 valence electrons. The molecular formula is C51H68N10O4S. The number of nitrogens with two attached hydrogens (primary N) is 1. The zero-order chi connectivity index (χ0) is 46.0. The highest BCUT2D eigenvalue weighted by Crippen LogP contribution is 2.37. The van der Waals surface area contributed by atoms with Crippen LogP contribution in [-0.4, -0.2) is 115 Å². The van der Waals surface area contributed by atoms with Gasteiger partial charge in [0.25, 0.3) is 0 Å². The molecule has 0 radical (unpaired) electrons. The van der Waals surface area contributed by atoms with Crippen LogP contribution in [0.25, 0.3) is 21.7 Å². The number of rotatable bonds is 17. The molecule has 1 unspecified atom stereocenters. The molecule has 0 bridgehead atoms. The van der Waals surface area contributed by atoms with E-state index in [4.69, 9.17) is 19.9 Å². The average Bonchev–Trinajstić information content (AvgIpc) is 4.02. The Morgan fingerprint density at radius 1 is 0.985 bits per heavy atom. The number of benzene rings is 3. The number of methoxy groups -OCH3 is 1. The molecule has 2 aromatic heterocycles. The fraction of sp³-hybridized carbons (Fsp3) is 0.490. The molecule has 1 atom stereocenters. The van der Waals surface area contributed by atoms with Crippen LogP contribution < -0.4 is 30.9 Å². The zero-order valence-corrected chi connectivity index (χ0v) is 40.2. The SMILES string of the molecule is COCOc1ccccc1-c1cc(C2CNCCN2Cc2ccc(N3CCN(CCCN(c4cc(-c5scnc5C)ccc4COC(=O)NC(C)(C)C)C4CCCC4)CC3)cc2)c(N)nn1. The van der Waals surface area contributed by atoms with Crippen LogP contribution in [0.4, 0.5) is 22.0 Å². The van der Waals surface area contributed by atoms with Crippen LogP contribution in [0.1, 0.15) is 81.3 Å². The van der Waals surface area contributed by atoms with E-state index in [0.29, 0.717) is 17.6 Å². The molecular weight excluding hydrogens is 849 g/mol. The Morgan fingerprint density at radius 2 is 1.77 bits per heavy atom. The molecule has 2 saturated heterocycles. The highest BCUT2D eigenvalue weighted by atomic mass is 32.1. The van der Waals surface area contributed by atoms with Crippen molar-refractivity contribution >= 4 is 34.6 Å². The second-order valence-electron chi connectivity index (χ2n) is 18.8. The molecule has 1 aliphatic carbocycles. The number of aromatic nitrogens is 3. The molecule has 1 amide bonds. The van der Waals surface area contributed by atoms with E-state index in [1.165, 1.54) is 53.1 Å². The van der Waals surface area contributed by atoms with Crippen molar-refractivity contribution in [1.82, 2.24) is 35.6 Å². The molecule has 15 heteroatoms. The van der Waals surface area contributed by atoms with Gasteiger partial charge >= 0.3 is 6.09 Å². The maximum atomic E-state index is 12.8. The highest BCUT2D eigenvalue weighted by Gasteiger charge is 2.29. The minimum atomic E-state index is -0.393. The maximum Gasteiger partial charge on any atom is 0.407 e. The van der Waals surface area contributed by atoms with Crippen molar-refractivity contribution in [3.05, 3.63) is 101 Å². The first-order chi connectivity index (χ1) is 32.0. The summed E-state index contributed by atoms with van der Waals surface area (Å²) in [6, 6.07) is 26.1. The number of hydrogen-bond acceptors (Lipinski definition) is 14. The Morgan fingerprint density at radius 3 is 2.52 bits per heavy atom. The van der Waals surface area contributed by atoms with Gasteiger partial charge < -0.3 is 40.4 Å². The second kappa shape index (κ2) is 22.0. The van der Waals surface area contributed by atoms with Crippen LogP contribution in [0, 0.1) is 6.92 Å².